The Labute approximate surface area is 277 Å². The lowest BCUT2D eigenvalue weighted by Crippen LogP contribution is -2.45. The van der Waals surface area contributed by atoms with Crippen LogP contribution in [0.4, 0.5) is 4.79 Å². The number of fused-ring (bicyclic) bond motifs is 1. The van der Waals surface area contributed by atoms with E-state index in [-0.39, 0.29) is 12.2 Å². The molecule has 0 radical (unpaired) electrons. The second-order valence-electron chi connectivity index (χ2n) is 10.7. The van der Waals surface area contributed by atoms with Crippen LogP contribution in [0.15, 0.2) is 95.2 Å². The molecule has 0 saturated heterocycles. The SMILES string of the molecule is CCOc1cc([C@@H]2NC(=O)NC(C)=C2C(=O)OC)ccc1OC[C@@H](O)N/N=C/c1c(OCc2ccc(C#N)cc2)ccc2ccccc12. The summed E-state index contributed by atoms with van der Waals surface area (Å²) >= 11 is 0. The molecular weight excluding hydrogens is 614 g/mol. The van der Waals surface area contributed by atoms with Gasteiger partial charge in [-0.3, -0.25) is 5.43 Å². The van der Waals surface area contributed by atoms with Gasteiger partial charge >= 0.3 is 12.0 Å². The Kier molecular flexibility index (Phi) is 10.7. The molecule has 12 heteroatoms. The quantitative estimate of drug-likeness (QED) is 0.0689. The number of hydrogen-bond acceptors (Lipinski definition) is 10. The monoisotopic (exact) mass is 649 g/mol. The highest BCUT2D eigenvalue weighted by Gasteiger charge is 2.32. The molecule has 1 aliphatic heterocycles. The maximum absolute atomic E-state index is 12.5. The summed E-state index contributed by atoms with van der Waals surface area (Å²) in [5.41, 5.74) is 6.12. The second-order valence-corrected chi connectivity index (χ2v) is 10.7. The highest BCUT2D eigenvalue weighted by Crippen LogP contribution is 2.35. The van der Waals surface area contributed by atoms with Crippen LogP contribution in [-0.2, 0) is 16.1 Å². The van der Waals surface area contributed by atoms with Crippen LogP contribution in [0.1, 0.15) is 42.1 Å². The van der Waals surface area contributed by atoms with Crippen molar-refractivity contribution in [2.75, 3.05) is 20.3 Å². The second kappa shape index (κ2) is 15.5. The minimum absolute atomic E-state index is 0.176. The normalized spacial score (nSPS) is 14.9. The molecule has 2 atom stereocenters. The number of nitrogens with one attached hydrogen (secondary N) is 3. The molecule has 48 heavy (non-hydrogen) atoms. The number of nitriles is 1. The lowest BCUT2D eigenvalue weighted by Gasteiger charge is -2.28. The molecule has 2 amide bonds. The smallest absolute Gasteiger partial charge is 0.337 e. The van der Waals surface area contributed by atoms with Crippen molar-refractivity contribution < 1.29 is 33.6 Å². The average Bonchev–Trinajstić information content (AvgIpc) is 3.10. The van der Waals surface area contributed by atoms with Crippen molar-refractivity contribution in [3.05, 3.63) is 112 Å². The molecule has 0 saturated carbocycles. The number of esters is 1. The number of urea groups is 1. The van der Waals surface area contributed by atoms with E-state index in [1.54, 1.807) is 43.5 Å². The maximum atomic E-state index is 12.5. The van der Waals surface area contributed by atoms with Gasteiger partial charge in [0, 0.05) is 11.3 Å². The van der Waals surface area contributed by atoms with Gasteiger partial charge in [-0.15, -0.1) is 0 Å². The third-order valence-corrected chi connectivity index (χ3v) is 7.50. The van der Waals surface area contributed by atoms with Crippen molar-refractivity contribution in [3.8, 4) is 23.3 Å². The van der Waals surface area contributed by atoms with Crippen LogP contribution in [0.3, 0.4) is 0 Å². The highest BCUT2D eigenvalue weighted by molar-refractivity contribution is 6.02. The summed E-state index contributed by atoms with van der Waals surface area (Å²) in [5.74, 6) is 0.728. The molecule has 1 aliphatic rings. The zero-order valence-corrected chi connectivity index (χ0v) is 26.7. The Hall–Kier alpha value is -6.06. The van der Waals surface area contributed by atoms with Crippen LogP contribution >= 0.6 is 0 Å². The molecule has 0 bridgehead atoms. The summed E-state index contributed by atoms with van der Waals surface area (Å²) < 4.78 is 22.7. The summed E-state index contributed by atoms with van der Waals surface area (Å²) in [4.78, 5) is 24.7. The van der Waals surface area contributed by atoms with Crippen LogP contribution in [0.2, 0.25) is 0 Å². The molecule has 1 heterocycles. The van der Waals surface area contributed by atoms with Gasteiger partial charge in [-0.1, -0.05) is 48.5 Å². The molecule has 12 nitrogen and oxygen atoms in total. The van der Waals surface area contributed by atoms with E-state index in [1.165, 1.54) is 7.11 Å². The van der Waals surface area contributed by atoms with Crippen molar-refractivity contribution in [1.29, 1.82) is 5.26 Å². The Morgan fingerprint density at radius 2 is 1.81 bits per heavy atom. The lowest BCUT2D eigenvalue weighted by molar-refractivity contribution is -0.136. The molecule has 0 aliphatic carbocycles. The highest BCUT2D eigenvalue weighted by atomic mass is 16.5. The predicted octanol–water partition coefficient (Wildman–Crippen LogP) is 4.81. The van der Waals surface area contributed by atoms with Gasteiger partial charge in [0.25, 0.3) is 0 Å². The third kappa shape index (κ3) is 7.83. The lowest BCUT2D eigenvalue weighted by atomic mass is 9.95. The summed E-state index contributed by atoms with van der Waals surface area (Å²) in [6.45, 7) is 3.88. The third-order valence-electron chi connectivity index (χ3n) is 7.50. The van der Waals surface area contributed by atoms with E-state index in [4.69, 9.17) is 24.2 Å². The number of hydrogen-bond donors (Lipinski definition) is 4. The van der Waals surface area contributed by atoms with Crippen molar-refractivity contribution >= 4 is 29.0 Å². The first kappa shape index (κ1) is 33.3. The van der Waals surface area contributed by atoms with E-state index in [2.05, 4.69) is 27.2 Å². The van der Waals surface area contributed by atoms with Crippen molar-refractivity contribution in [2.24, 2.45) is 5.10 Å². The van der Waals surface area contributed by atoms with Crippen molar-refractivity contribution in [1.82, 2.24) is 16.1 Å². The van der Waals surface area contributed by atoms with Crippen molar-refractivity contribution in [2.45, 2.75) is 32.7 Å². The minimum atomic E-state index is -1.19. The van der Waals surface area contributed by atoms with Gasteiger partial charge in [0.05, 0.1) is 43.2 Å². The molecule has 246 valence electrons. The van der Waals surface area contributed by atoms with Gasteiger partial charge in [0.1, 0.15) is 19.0 Å². The Morgan fingerprint density at radius 1 is 1.04 bits per heavy atom. The first-order valence-electron chi connectivity index (χ1n) is 15.2. The molecular formula is C36H35N5O7. The maximum Gasteiger partial charge on any atom is 0.337 e. The van der Waals surface area contributed by atoms with Crippen LogP contribution < -0.4 is 30.3 Å². The number of ether oxygens (including phenoxy) is 4. The molecule has 0 unspecified atom stereocenters. The molecule has 0 spiro atoms. The Balaban J connectivity index is 1.27. The van der Waals surface area contributed by atoms with Gasteiger partial charge in [0.15, 0.2) is 17.7 Å². The van der Waals surface area contributed by atoms with Crippen molar-refractivity contribution in [3.63, 3.8) is 0 Å². The largest absolute Gasteiger partial charge is 0.490 e. The number of amides is 2. The molecule has 5 rings (SSSR count). The number of benzene rings is 4. The fraction of sp³-hybridized carbons (Fsp3) is 0.222. The summed E-state index contributed by atoms with van der Waals surface area (Å²) in [7, 11) is 1.27. The van der Waals surface area contributed by atoms with Gasteiger partial charge in [-0.2, -0.15) is 10.4 Å². The average molecular weight is 650 g/mol. The molecule has 4 N–H and O–H groups in total. The van der Waals surface area contributed by atoms with E-state index in [1.807, 2.05) is 55.5 Å². The molecule has 0 aromatic heterocycles. The Bertz CT molecular complexity index is 1900. The molecule has 4 aromatic rings. The number of aliphatic hydroxyl groups is 1. The van der Waals surface area contributed by atoms with Crippen LogP contribution in [0.5, 0.6) is 17.2 Å². The van der Waals surface area contributed by atoms with E-state index in [9.17, 15) is 14.7 Å². The number of aliphatic hydroxyl groups excluding tert-OH is 1. The predicted molar refractivity (Wildman–Crippen MR) is 178 cm³/mol. The number of hydrazone groups is 1. The summed E-state index contributed by atoms with van der Waals surface area (Å²) in [5, 5.41) is 31.3. The molecule has 4 aromatic carbocycles. The number of carbonyl (C=O) groups is 2. The van der Waals surface area contributed by atoms with E-state index >= 15 is 0 Å². The van der Waals surface area contributed by atoms with E-state index < -0.39 is 24.3 Å². The minimum Gasteiger partial charge on any atom is -0.490 e. The van der Waals surface area contributed by atoms with E-state index in [0.717, 1.165) is 21.9 Å². The fourth-order valence-corrected chi connectivity index (χ4v) is 5.18. The van der Waals surface area contributed by atoms with Gasteiger partial charge < -0.3 is 34.7 Å². The number of methoxy groups -OCH3 is 1. The standard InChI is InChI=1S/C36H35N5O7/c1-4-46-31-17-26(34-33(35(43)45-3)22(2)39-36(44)40-34)14-16-30(31)48-21-32(42)41-38-19-28-27-8-6-5-7-25(27)13-15-29(28)47-20-24-11-9-23(18-37)10-12-24/h5-17,19,32,34,41-42H,4,20-21H2,1-3H3,(H2,39,40,44)/b38-19+/t32-,34+/m1/s1. The van der Waals surface area contributed by atoms with E-state index in [0.29, 0.717) is 47.3 Å². The number of nitrogens with zero attached hydrogens (tertiary/aromatic N) is 2. The fourth-order valence-electron chi connectivity index (χ4n) is 5.18. The topological polar surface area (TPSA) is 164 Å². The summed E-state index contributed by atoms with van der Waals surface area (Å²) in [6, 6.07) is 24.7. The molecule has 0 fully saturated rings. The zero-order chi connectivity index (χ0) is 34.0. The van der Waals surface area contributed by atoms with Gasteiger partial charge in [-0.25, -0.2) is 9.59 Å². The van der Waals surface area contributed by atoms with Gasteiger partial charge in [-0.05, 0) is 66.1 Å². The van der Waals surface area contributed by atoms with Crippen LogP contribution in [0.25, 0.3) is 10.8 Å². The summed E-state index contributed by atoms with van der Waals surface area (Å²) in [6.07, 6.45) is 0.399. The van der Waals surface area contributed by atoms with Gasteiger partial charge in [0.2, 0.25) is 0 Å². The zero-order valence-electron chi connectivity index (χ0n) is 26.7. The van der Waals surface area contributed by atoms with Crippen LogP contribution in [-0.4, -0.2) is 49.9 Å². The Morgan fingerprint density at radius 3 is 2.56 bits per heavy atom. The first-order chi connectivity index (χ1) is 23.3. The number of carbonyl (C=O) groups excluding carboxylic acids is 2. The number of rotatable bonds is 13. The number of allylic oxidation sites excluding steroid dienone is 1. The van der Waals surface area contributed by atoms with Crippen LogP contribution in [0, 0.1) is 11.3 Å². The first-order valence-corrected chi connectivity index (χ1v) is 15.2.